The van der Waals surface area contributed by atoms with Crippen molar-refractivity contribution in [3.63, 3.8) is 0 Å². The summed E-state index contributed by atoms with van der Waals surface area (Å²) in [6.07, 6.45) is 3.51. The highest BCUT2D eigenvalue weighted by Crippen LogP contribution is 2.29. The van der Waals surface area contributed by atoms with Crippen LogP contribution in [0.3, 0.4) is 0 Å². The molecule has 0 unspecified atom stereocenters. The van der Waals surface area contributed by atoms with E-state index in [-0.39, 0.29) is 11.6 Å². The number of aromatic nitrogens is 4. The molecule has 0 saturated heterocycles. The van der Waals surface area contributed by atoms with Gasteiger partial charge in [0.1, 0.15) is 11.4 Å². The lowest BCUT2D eigenvalue weighted by Crippen LogP contribution is -2.22. The first kappa shape index (κ1) is 22.1. The van der Waals surface area contributed by atoms with Gasteiger partial charge >= 0.3 is 0 Å². The number of pyridine rings is 1. The van der Waals surface area contributed by atoms with Gasteiger partial charge in [-0.3, -0.25) is 9.78 Å². The first-order valence-corrected chi connectivity index (χ1v) is 11.1. The Labute approximate surface area is 194 Å². The lowest BCUT2D eigenvalue weighted by atomic mass is 10.1. The summed E-state index contributed by atoms with van der Waals surface area (Å²) < 4.78 is 7.78. The van der Waals surface area contributed by atoms with Gasteiger partial charge in [0.2, 0.25) is 0 Å². The number of aryl methyl sites for hydroxylation is 1. The highest BCUT2D eigenvalue weighted by molar-refractivity contribution is 9.10. The van der Waals surface area contributed by atoms with Gasteiger partial charge in [-0.15, -0.1) is 0 Å². The second-order valence-electron chi connectivity index (χ2n) is 7.88. The van der Waals surface area contributed by atoms with E-state index in [1.54, 1.807) is 23.0 Å². The molecule has 1 aromatic carbocycles. The monoisotopic (exact) mass is 493 g/mol. The van der Waals surface area contributed by atoms with E-state index < -0.39 is 0 Å². The van der Waals surface area contributed by atoms with Crippen molar-refractivity contribution in [3.05, 3.63) is 74.9 Å². The van der Waals surface area contributed by atoms with Crippen LogP contribution in [0.1, 0.15) is 31.1 Å². The Balaban J connectivity index is 1.71. The Bertz CT molecular complexity index is 1310. The molecule has 4 aromatic rings. The van der Waals surface area contributed by atoms with Crippen LogP contribution in [-0.4, -0.2) is 26.7 Å². The zero-order chi connectivity index (χ0) is 22.8. The largest absolute Gasteiger partial charge is 0.354 e. The van der Waals surface area contributed by atoms with Crippen LogP contribution in [0.2, 0.25) is 0 Å². The topological polar surface area (TPSA) is 85.8 Å². The quantitative estimate of drug-likeness (QED) is 0.406. The Morgan fingerprint density at radius 2 is 1.88 bits per heavy atom. The molecule has 0 aliphatic rings. The minimum atomic E-state index is -0.0790. The molecule has 32 heavy (non-hydrogen) atoms. The highest BCUT2D eigenvalue weighted by Gasteiger charge is 2.16. The van der Waals surface area contributed by atoms with Gasteiger partial charge in [-0.1, -0.05) is 29.4 Å². The number of hydrogen-bond acceptors (Lipinski definition) is 6. The summed E-state index contributed by atoms with van der Waals surface area (Å²) in [6, 6.07) is 11.8. The minimum absolute atomic E-state index is 0.0213. The molecule has 4 rings (SSSR count). The fourth-order valence-corrected chi connectivity index (χ4v) is 3.88. The predicted octanol–water partition coefficient (Wildman–Crippen LogP) is 5.00. The molecule has 3 heterocycles. The smallest absolute Gasteiger partial charge is 0.265 e. The molecule has 8 heteroatoms. The van der Waals surface area contributed by atoms with E-state index in [9.17, 15) is 4.79 Å². The lowest BCUT2D eigenvalue weighted by Gasteiger charge is -2.13. The zero-order valence-corrected chi connectivity index (χ0v) is 20.0. The third kappa shape index (κ3) is 4.42. The van der Waals surface area contributed by atoms with Gasteiger partial charge in [-0.2, -0.15) is 0 Å². The van der Waals surface area contributed by atoms with Crippen molar-refractivity contribution in [1.29, 1.82) is 0 Å². The Kier molecular flexibility index (Phi) is 6.34. The van der Waals surface area contributed by atoms with E-state index >= 15 is 0 Å². The number of nitrogens with one attached hydrogen (secondary N) is 1. The van der Waals surface area contributed by atoms with Gasteiger partial charge in [-0.25, -0.2) is 4.98 Å². The molecule has 3 aromatic heterocycles. The molecule has 164 valence electrons. The van der Waals surface area contributed by atoms with Crippen LogP contribution in [-0.2, 0) is 6.54 Å². The second kappa shape index (κ2) is 9.18. The Morgan fingerprint density at radius 1 is 1.12 bits per heavy atom. The minimum Gasteiger partial charge on any atom is -0.354 e. The summed E-state index contributed by atoms with van der Waals surface area (Å²) in [5.74, 6) is 0.544. The maximum Gasteiger partial charge on any atom is 0.265 e. The Morgan fingerprint density at radius 3 is 2.56 bits per heavy atom. The van der Waals surface area contributed by atoms with E-state index in [4.69, 9.17) is 9.51 Å². The molecule has 0 saturated carbocycles. The van der Waals surface area contributed by atoms with Crippen LogP contribution >= 0.6 is 15.9 Å². The maximum atomic E-state index is 12.4. The fourth-order valence-electron chi connectivity index (χ4n) is 3.43. The average molecular weight is 494 g/mol. The number of hydrogen-bond donors (Lipinski definition) is 1. The summed E-state index contributed by atoms with van der Waals surface area (Å²) >= 11 is 3.37. The zero-order valence-electron chi connectivity index (χ0n) is 18.4. The molecule has 0 amide bonds. The van der Waals surface area contributed by atoms with E-state index in [1.807, 2.05) is 46.0 Å². The Hall–Kier alpha value is -3.10. The van der Waals surface area contributed by atoms with Gasteiger partial charge in [0.15, 0.2) is 5.76 Å². The molecule has 0 radical (unpaired) electrons. The van der Waals surface area contributed by atoms with Crippen LogP contribution < -0.4 is 10.9 Å². The van der Waals surface area contributed by atoms with Crippen LogP contribution in [0.4, 0.5) is 0 Å². The molecular formula is C24H24BrN5O2. The third-order valence-corrected chi connectivity index (χ3v) is 5.75. The number of nitrogens with zero attached hydrogens (tertiary/aromatic N) is 4. The molecule has 1 N–H and O–H groups in total. The molecule has 0 aliphatic heterocycles. The van der Waals surface area contributed by atoms with Crippen molar-refractivity contribution in [2.45, 2.75) is 33.4 Å². The SMILES string of the molecule is CNCc1ccc(-c2cc(-c3nc(-c4cc(Br)c(=O)n(C(C)C)c4)cnc3C)on2)cc1. The van der Waals surface area contributed by atoms with Gasteiger partial charge in [-0.05, 0) is 55.4 Å². The third-order valence-electron chi connectivity index (χ3n) is 5.18. The summed E-state index contributed by atoms with van der Waals surface area (Å²) in [6.45, 7) is 6.62. The highest BCUT2D eigenvalue weighted by atomic mass is 79.9. The summed E-state index contributed by atoms with van der Waals surface area (Å²) in [5, 5.41) is 7.37. The second-order valence-corrected chi connectivity index (χ2v) is 8.73. The molecule has 0 fully saturated rings. The van der Waals surface area contributed by atoms with E-state index in [0.29, 0.717) is 21.6 Å². The molecular weight excluding hydrogens is 470 g/mol. The lowest BCUT2D eigenvalue weighted by molar-refractivity contribution is 0.433. The first-order chi connectivity index (χ1) is 15.4. The number of benzene rings is 1. The van der Waals surface area contributed by atoms with Crippen LogP contribution in [0.25, 0.3) is 34.0 Å². The van der Waals surface area contributed by atoms with Crippen molar-refractivity contribution in [3.8, 4) is 34.0 Å². The van der Waals surface area contributed by atoms with Gasteiger partial charge in [0.05, 0.1) is 22.1 Å². The van der Waals surface area contributed by atoms with Crippen LogP contribution in [0.15, 0.2) is 62.6 Å². The molecule has 0 spiro atoms. The average Bonchev–Trinajstić information content (AvgIpc) is 3.26. The number of halogens is 1. The first-order valence-electron chi connectivity index (χ1n) is 10.3. The van der Waals surface area contributed by atoms with E-state index in [1.165, 1.54) is 5.56 Å². The maximum absolute atomic E-state index is 12.4. The summed E-state index contributed by atoms with van der Waals surface area (Å²) in [5.41, 5.74) is 5.61. The normalized spacial score (nSPS) is 11.3. The number of rotatable bonds is 6. The standard InChI is InChI=1S/C24H24BrN5O2/c1-14(2)30-13-18(9-19(25)24(30)31)21-12-27-15(3)23(28-21)22-10-20(29-32-22)17-7-5-16(6-8-17)11-26-4/h5-10,12-14,26H,11H2,1-4H3. The van der Waals surface area contributed by atoms with E-state index in [0.717, 1.165) is 29.1 Å². The molecule has 0 bridgehead atoms. The summed E-state index contributed by atoms with van der Waals surface area (Å²) in [4.78, 5) is 21.7. The van der Waals surface area contributed by atoms with Crippen molar-refractivity contribution in [2.75, 3.05) is 7.05 Å². The van der Waals surface area contributed by atoms with Crippen LogP contribution in [0, 0.1) is 6.92 Å². The molecule has 0 atom stereocenters. The van der Waals surface area contributed by atoms with Gasteiger partial charge in [0.25, 0.3) is 5.56 Å². The van der Waals surface area contributed by atoms with Crippen molar-refractivity contribution in [1.82, 2.24) is 25.0 Å². The summed E-state index contributed by atoms with van der Waals surface area (Å²) in [7, 11) is 1.92. The van der Waals surface area contributed by atoms with Crippen molar-refractivity contribution >= 4 is 15.9 Å². The molecule has 7 nitrogen and oxygen atoms in total. The molecule has 0 aliphatic carbocycles. The van der Waals surface area contributed by atoms with E-state index in [2.05, 4.69) is 43.5 Å². The van der Waals surface area contributed by atoms with Crippen molar-refractivity contribution < 1.29 is 4.52 Å². The van der Waals surface area contributed by atoms with Gasteiger partial charge < -0.3 is 14.4 Å². The fraction of sp³-hybridized carbons (Fsp3) is 0.250. The van der Waals surface area contributed by atoms with Crippen LogP contribution in [0.5, 0.6) is 0 Å². The predicted molar refractivity (Wildman–Crippen MR) is 128 cm³/mol. The van der Waals surface area contributed by atoms with Crippen molar-refractivity contribution in [2.24, 2.45) is 0 Å². The van der Waals surface area contributed by atoms with Gasteiger partial charge in [0, 0.05) is 36.0 Å².